The highest BCUT2D eigenvalue weighted by molar-refractivity contribution is 6.33. The summed E-state index contributed by atoms with van der Waals surface area (Å²) in [4.78, 5) is 1.82. The molecule has 1 saturated heterocycles. The second kappa shape index (κ2) is 6.98. The molecule has 0 spiro atoms. The first kappa shape index (κ1) is 15.9. The molecule has 1 aliphatic heterocycles. The second-order valence-corrected chi connectivity index (χ2v) is 5.50. The number of rotatable bonds is 4. The molecule has 1 heterocycles. The van der Waals surface area contributed by atoms with E-state index in [0.717, 1.165) is 0 Å². The SMILES string of the molecule is Fc1c(Cl)ccc(Cl)c1[C@@H](CC(F)F)N1CCNCC1. The molecule has 112 valence electrons. The number of piperazine rings is 1. The molecular weight excluding hydrogens is 312 g/mol. The minimum absolute atomic E-state index is 0.0707. The lowest BCUT2D eigenvalue weighted by molar-refractivity contribution is 0.0726. The number of hydrogen-bond donors (Lipinski definition) is 1. The van der Waals surface area contributed by atoms with Crippen LogP contribution in [0.15, 0.2) is 12.1 Å². The summed E-state index contributed by atoms with van der Waals surface area (Å²) in [5, 5.41) is 3.17. The zero-order chi connectivity index (χ0) is 14.7. The molecule has 0 amide bonds. The van der Waals surface area contributed by atoms with E-state index in [1.165, 1.54) is 12.1 Å². The fourth-order valence-corrected chi connectivity index (χ4v) is 2.90. The Morgan fingerprint density at radius 3 is 2.35 bits per heavy atom. The predicted molar refractivity (Wildman–Crippen MR) is 74.2 cm³/mol. The summed E-state index contributed by atoms with van der Waals surface area (Å²) in [6.45, 7) is 2.50. The van der Waals surface area contributed by atoms with Gasteiger partial charge in [0.25, 0.3) is 0 Å². The van der Waals surface area contributed by atoms with Crippen LogP contribution in [0.1, 0.15) is 18.0 Å². The number of alkyl halides is 2. The zero-order valence-electron chi connectivity index (χ0n) is 10.7. The first-order chi connectivity index (χ1) is 9.50. The van der Waals surface area contributed by atoms with Crippen LogP contribution in [0.5, 0.6) is 0 Å². The Morgan fingerprint density at radius 2 is 1.75 bits per heavy atom. The van der Waals surface area contributed by atoms with Crippen LogP contribution in [0.2, 0.25) is 10.0 Å². The molecule has 1 aromatic rings. The van der Waals surface area contributed by atoms with E-state index < -0.39 is 24.7 Å². The third-order valence-electron chi connectivity index (χ3n) is 3.41. The highest BCUT2D eigenvalue weighted by Gasteiger charge is 2.30. The summed E-state index contributed by atoms with van der Waals surface area (Å²) >= 11 is 11.8. The van der Waals surface area contributed by atoms with Gasteiger partial charge in [0, 0.05) is 49.2 Å². The van der Waals surface area contributed by atoms with Crippen molar-refractivity contribution in [2.24, 2.45) is 0 Å². The van der Waals surface area contributed by atoms with E-state index in [2.05, 4.69) is 5.32 Å². The van der Waals surface area contributed by atoms with Gasteiger partial charge in [-0.25, -0.2) is 13.2 Å². The molecule has 0 aliphatic carbocycles. The monoisotopic (exact) mass is 326 g/mol. The lowest BCUT2D eigenvalue weighted by Crippen LogP contribution is -2.45. The standard InChI is InChI=1S/C13H15Cl2F3N2/c14-8-1-2-9(15)13(18)12(8)10(7-11(16)17)20-5-3-19-4-6-20/h1-2,10-11,19H,3-7H2/t10-/m1/s1. The summed E-state index contributed by atoms with van der Waals surface area (Å²) in [6, 6.07) is 2.02. The Kier molecular flexibility index (Phi) is 5.55. The van der Waals surface area contributed by atoms with Crippen molar-refractivity contribution >= 4 is 23.2 Å². The highest BCUT2D eigenvalue weighted by atomic mass is 35.5. The van der Waals surface area contributed by atoms with Gasteiger partial charge in [-0.1, -0.05) is 23.2 Å². The van der Waals surface area contributed by atoms with E-state index in [9.17, 15) is 13.2 Å². The molecule has 1 aromatic carbocycles. The Hall–Kier alpha value is -0.490. The Labute approximate surface area is 125 Å². The van der Waals surface area contributed by atoms with Crippen LogP contribution >= 0.6 is 23.2 Å². The van der Waals surface area contributed by atoms with E-state index in [0.29, 0.717) is 26.2 Å². The van der Waals surface area contributed by atoms with Crippen molar-refractivity contribution in [2.75, 3.05) is 26.2 Å². The smallest absolute Gasteiger partial charge is 0.240 e. The van der Waals surface area contributed by atoms with Crippen molar-refractivity contribution < 1.29 is 13.2 Å². The predicted octanol–water partition coefficient (Wildman–Crippen LogP) is 3.73. The fraction of sp³-hybridized carbons (Fsp3) is 0.538. The first-order valence-electron chi connectivity index (χ1n) is 6.37. The van der Waals surface area contributed by atoms with Crippen molar-refractivity contribution in [1.82, 2.24) is 10.2 Å². The Balaban J connectivity index is 2.37. The minimum Gasteiger partial charge on any atom is -0.314 e. The van der Waals surface area contributed by atoms with Crippen molar-refractivity contribution in [3.63, 3.8) is 0 Å². The van der Waals surface area contributed by atoms with E-state index >= 15 is 0 Å². The van der Waals surface area contributed by atoms with Gasteiger partial charge in [-0.05, 0) is 12.1 Å². The summed E-state index contributed by atoms with van der Waals surface area (Å²) in [5.41, 5.74) is 0.0707. The van der Waals surface area contributed by atoms with E-state index in [1.54, 1.807) is 0 Å². The van der Waals surface area contributed by atoms with Gasteiger partial charge < -0.3 is 5.32 Å². The van der Waals surface area contributed by atoms with Crippen molar-refractivity contribution in [1.29, 1.82) is 0 Å². The van der Waals surface area contributed by atoms with Gasteiger partial charge in [-0.15, -0.1) is 0 Å². The number of hydrogen-bond acceptors (Lipinski definition) is 2. The average Bonchev–Trinajstić information content (AvgIpc) is 2.43. The molecule has 0 aromatic heterocycles. The van der Waals surface area contributed by atoms with Gasteiger partial charge in [0.1, 0.15) is 5.82 Å². The molecule has 0 bridgehead atoms. The number of benzene rings is 1. The van der Waals surface area contributed by atoms with E-state index in [4.69, 9.17) is 23.2 Å². The molecule has 2 rings (SSSR count). The van der Waals surface area contributed by atoms with Crippen molar-refractivity contribution in [3.8, 4) is 0 Å². The number of nitrogens with one attached hydrogen (secondary N) is 1. The molecule has 1 fully saturated rings. The fourth-order valence-electron chi connectivity index (χ4n) is 2.46. The summed E-state index contributed by atoms with van der Waals surface area (Å²) < 4.78 is 39.9. The molecule has 1 atom stereocenters. The summed E-state index contributed by atoms with van der Waals surface area (Å²) in [6.07, 6.45) is -3.00. The highest BCUT2D eigenvalue weighted by Crippen LogP contribution is 2.36. The van der Waals surface area contributed by atoms with Crippen LogP contribution in [0.3, 0.4) is 0 Å². The third kappa shape index (κ3) is 3.58. The largest absolute Gasteiger partial charge is 0.314 e. The van der Waals surface area contributed by atoms with Crippen LogP contribution in [0.4, 0.5) is 13.2 Å². The average molecular weight is 327 g/mol. The minimum atomic E-state index is -2.54. The van der Waals surface area contributed by atoms with E-state index in [-0.39, 0.29) is 15.6 Å². The molecule has 7 heteroatoms. The van der Waals surface area contributed by atoms with E-state index in [1.807, 2.05) is 4.90 Å². The third-order valence-corrected chi connectivity index (χ3v) is 4.03. The topological polar surface area (TPSA) is 15.3 Å². The van der Waals surface area contributed by atoms with Crippen LogP contribution in [-0.2, 0) is 0 Å². The normalized spacial score (nSPS) is 18.5. The van der Waals surface area contributed by atoms with Gasteiger partial charge in [0.15, 0.2) is 0 Å². The zero-order valence-corrected chi connectivity index (χ0v) is 12.2. The van der Waals surface area contributed by atoms with Gasteiger partial charge in [0.2, 0.25) is 6.43 Å². The lowest BCUT2D eigenvalue weighted by atomic mass is 10.0. The lowest BCUT2D eigenvalue weighted by Gasteiger charge is -2.35. The molecule has 0 radical (unpaired) electrons. The van der Waals surface area contributed by atoms with Gasteiger partial charge in [0.05, 0.1) is 5.02 Å². The molecule has 2 nitrogen and oxygen atoms in total. The maximum atomic E-state index is 14.2. The van der Waals surface area contributed by atoms with Gasteiger partial charge in [-0.3, -0.25) is 4.90 Å². The first-order valence-corrected chi connectivity index (χ1v) is 7.12. The molecule has 0 saturated carbocycles. The van der Waals surface area contributed by atoms with Crippen LogP contribution in [-0.4, -0.2) is 37.5 Å². The number of halogens is 5. The Bertz CT molecular complexity index is 465. The second-order valence-electron chi connectivity index (χ2n) is 4.69. The molecular formula is C13H15Cl2F3N2. The molecule has 1 aliphatic rings. The summed E-state index contributed by atoms with van der Waals surface area (Å²) in [5.74, 6) is -0.705. The maximum Gasteiger partial charge on any atom is 0.240 e. The van der Waals surface area contributed by atoms with Gasteiger partial charge in [-0.2, -0.15) is 0 Å². The van der Waals surface area contributed by atoms with Crippen molar-refractivity contribution in [2.45, 2.75) is 18.9 Å². The van der Waals surface area contributed by atoms with Crippen LogP contribution in [0, 0.1) is 5.82 Å². The molecule has 1 N–H and O–H groups in total. The van der Waals surface area contributed by atoms with Crippen LogP contribution in [0.25, 0.3) is 0 Å². The molecule has 20 heavy (non-hydrogen) atoms. The van der Waals surface area contributed by atoms with Crippen LogP contribution < -0.4 is 5.32 Å². The molecule has 0 unspecified atom stereocenters. The maximum absolute atomic E-state index is 14.2. The Morgan fingerprint density at radius 1 is 1.15 bits per heavy atom. The quantitative estimate of drug-likeness (QED) is 0.848. The van der Waals surface area contributed by atoms with Crippen molar-refractivity contribution in [3.05, 3.63) is 33.6 Å². The number of nitrogens with zero attached hydrogens (tertiary/aromatic N) is 1. The van der Waals surface area contributed by atoms with Gasteiger partial charge >= 0.3 is 0 Å². The summed E-state index contributed by atoms with van der Waals surface area (Å²) in [7, 11) is 0.